The third-order valence-electron chi connectivity index (χ3n) is 6.64. The van der Waals surface area contributed by atoms with E-state index in [2.05, 4.69) is 55.2 Å². The van der Waals surface area contributed by atoms with E-state index in [4.69, 9.17) is 14.5 Å². The van der Waals surface area contributed by atoms with E-state index < -0.39 is 7.14 Å². The number of aryl methyl sites for hydroxylation is 1. The van der Waals surface area contributed by atoms with Gasteiger partial charge in [0.25, 0.3) is 0 Å². The Labute approximate surface area is 241 Å². The molecule has 1 N–H and O–H groups in total. The van der Waals surface area contributed by atoms with Crippen LogP contribution in [0, 0.1) is 6.92 Å². The van der Waals surface area contributed by atoms with Crippen molar-refractivity contribution in [2.45, 2.75) is 13.3 Å². The molecule has 0 unspecified atom stereocenters. The van der Waals surface area contributed by atoms with Crippen molar-refractivity contribution in [2.24, 2.45) is 0 Å². The topological polar surface area (TPSA) is 89.5 Å². The summed E-state index contributed by atoms with van der Waals surface area (Å²) >= 11 is 5.14. The van der Waals surface area contributed by atoms with Gasteiger partial charge in [-0.2, -0.15) is 0 Å². The number of morpholine rings is 1. The highest BCUT2D eigenvalue weighted by atomic mass is 79.9. The van der Waals surface area contributed by atoms with Crippen LogP contribution in [-0.4, -0.2) is 61.7 Å². The number of hydrogen-bond donors (Lipinski definition) is 1. The number of hydrogen-bond acceptors (Lipinski definition) is 9. The molecule has 0 saturated carbocycles. The van der Waals surface area contributed by atoms with E-state index in [0.29, 0.717) is 31.3 Å². The Morgan fingerprint density at radius 3 is 2.67 bits per heavy atom. The van der Waals surface area contributed by atoms with Crippen molar-refractivity contribution < 1.29 is 14.0 Å². The van der Waals surface area contributed by atoms with Gasteiger partial charge in [0.2, 0.25) is 0 Å². The number of halogens is 1. The molecule has 2 aromatic heterocycles. The van der Waals surface area contributed by atoms with Crippen molar-refractivity contribution in [3.63, 3.8) is 0 Å². The summed E-state index contributed by atoms with van der Waals surface area (Å²) in [5, 5.41) is 6.99. The van der Waals surface area contributed by atoms with E-state index >= 15 is 0 Å². The van der Waals surface area contributed by atoms with Crippen molar-refractivity contribution in [3.05, 3.63) is 69.5 Å². The molecule has 0 amide bonds. The normalized spacial score (nSPS) is 13.9. The van der Waals surface area contributed by atoms with Crippen LogP contribution in [0.3, 0.4) is 0 Å². The third-order valence-corrected chi connectivity index (χ3v) is 9.57. The number of anilines is 3. The zero-order valence-electron chi connectivity index (χ0n) is 22.4. The van der Waals surface area contributed by atoms with Gasteiger partial charge in [-0.05, 0) is 77.6 Å². The summed E-state index contributed by atoms with van der Waals surface area (Å²) in [6.07, 6.45) is 4.07. The largest absolute Gasteiger partial charge is 0.495 e. The minimum atomic E-state index is -2.61. The summed E-state index contributed by atoms with van der Waals surface area (Å²) in [7, 11) is -0.903. The van der Waals surface area contributed by atoms with E-state index in [1.54, 1.807) is 44.2 Å². The molecule has 0 atom stereocenters. The Bertz CT molecular complexity index is 1520. The van der Waals surface area contributed by atoms with Gasteiger partial charge in [-0.15, -0.1) is 11.3 Å². The molecule has 8 nitrogen and oxygen atoms in total. The molecule has 0 aliphatic carbocycles. The lowest BCUT2D eigenvalue weighted by Crippen LogP contribution is -2.36. The number of ether oxygens (including phenoxy) is 2. The van der Waals surface area contributed by atoms with Crippen molar-refractivity contribution in [2.75, 3.05) is 57.0 Å². The number of methoxy groups -OCH3 is 1. The van der Waals surface area contributed by atoms with Crippen LogP contribution in [0.15, 0.2) is 52.6 Å². The average molecular weight is 629 g/mol. The monoisotopic (exact) mass is 627 g/mol. The first kappa shape index (κ1) is 27.8. The van der Waals surface area contributed by atoms with E-state index in [0.717, 1.165) is 61.7 Å². The summed E-state index contributed by atoms with van der Waals surface area (Å²) in [5.41, 5.74) is 5.02. The van der Waals surface area contributed by atoms with Crippen LogP contribution in [0.4, 0.5) is 17.2 Å². The average Bonchev–Trinajstić information content (AvgIpc) is 3.47. The molecule has 1 fully saturated rings. The highest BCUT2D eigenvalue weighted by Crippen LogP contribution is 2.40. The Morgan fingerprint density at radius 1 is 1.18 bits per heavy atom. The van der Waals surface area contributed by atoms with Gasteiger partial charge in [-0.1, -0.05) is 0 Å². The van der Waals surface area contributed by atoms with E-state index in [-0.39, 0.29) is 0 Å². The first-order chi connectivity index (χ1) is 18.7. The number of thiazole rings is 1. The van der Waals surface area contributed by atoms with Gasteiger partial charge < -0.3 is 24.3 Å². The van der Waals surface area contributed by atoms with Gasteiger partial charge in [0.1, 0.15) is 29.5 Å². The fourth-order valence-electron chi connectivity index (χ4n) is 4.58. The lowest BCUT2D eigenvalue weighted by molar-refractivity contribution is 0.122. The fourth-order valence-corrected chi connectivity index (χ4v) is 6.66. The van der Waals surface area contributed by atoms with Gasteiger partial charge in [0.05, 0.1) is 36.2 Å². The number of nitrogens with one attached hydrogen (secondary N) is 1. The van der Waals surface area contributed by atoms with Gasteiger partial charge >= 0.3 is 0 Å². The Balaban J connectivity index is 1.43. The van der Waals surface area contributed by atoms with Crippen LogP contribution in [0.25, 0.3) is 10.6 Å². The maximum atomic E-state index is 13.3. The first-order valence-corrected chi connectivity index (χ1v) is 16.9. The van der Waals surface area contributed by atoms with Gasteiger partial charge in [0.15, 0.2) is 0 Å². The van der Waals surface area contributed by atoms with E-state index in [1.165, 1.54) is 0 Å². The molecule has 3 heterocycles. The molecular weight excluding hydrogens is 597 g/mol. The van der Waals surface area contributed by atoms with Crippen molar-refractivity contribution >= 4 is 56.9 Å². The third kappa shape index (κ3) is 6.35. The molecule has 1 aliphatic heterocycles. The fraction of sp³-hybridized carbons (Fsp3) is 0.321. The van der Waals surface area contributed by atoms with E-state index in [9.17, 15) is 4.57 Å². The van der Waals surface area contributed by atoms with Crippen LogP contribution in [0.5, 0.6) is 5.75 Å². The Kier molecular flexibility index (Phi) is 8.38. The summed E-state index contributed by atoms with van der Waals surface area (Å²) in [6.45, 7) is 8.77. The summed E-state index contributed by atoms with van der Waals surface area (Å²) in [4.78, 5) is 16.1. The second kappa shape index (κ2) is 11.8. The second-order valence-electron chi connectivity index (χ2n) is 9.75. The van der Waals surface area contributed by atoms with Gasteiger partial charge in [-0.3, -0.25) is 0 Å². The molecule has 204 valence electrons. The minimum absolute atomic E-state index is 0.545. The highest BCUT2D eigenvalue weighted by molar-refractivity contribution is 9.10. The van der Waals surface area contributed by atoms with Crippen molar-refractivity contribution in [1.82, 2.24) is 15.0 Å². The zero-order chi connectivity index (χ0) is 27.6. The van der Waals surface area contributed by atoms with Crippen LogP contribution < -0.4 is 20.3 Å². The molecular formula is C28H31BrN5O3PS. The second-order valence-corrected chi connectivity index (χ2v) is 14.7. The predicted molar refractivity (Wildman–Crippen MR) is 163 cm³/mol. The molecule has 11 heteroatoms. The molecule has 4 aromatic rings. The molecule has 0 bridgehead atoms. The van der Waals surface area contributed by atoms with Gasteiger partial charge in [0, 0.05) is 48.2 Å². The molecule has 1 saturated heterocycles. The SMILES string of the molecule is COc1cc(Cc2ncc(Br)c(Nc3ccc(-c4nccs4)cc3P(C)(C)=O)n2)c(C)cc1N1CCOCC1. The highest BCUT2D eigenvalue weighted by Gasteiger charge is 2.21. The smallest absolute Gasteiger partial charge is 0.148 e. The number of benzene rings is 2. The number of rotatable bonds is 8. The maximum Gasteiger partial charge on any atom is 0.148 e. The van der Waals surface area contributed by atoms with Crippen molar-refractivity contribution in [3.8, 4) is 16.3 Å². The summed E-state index contributed by atoms with van der Waals surface area (Å²) in [5.74, 6) is 2.12. The number of aromatic nitrogens is 3. The molecule has 0 spiro atoms. The van der Waals surface area contributed by atoms with Gasteiger partial charge in [-0.25, -0.2) is 15.0 Å². The lowest BCUT2D eigenvalue weighted by atomic mass is 10.0. The van der Waals surface area contributed by atoms with E-state index in [1.807, 2.05) is 23.6 Å². The summed E-state index contributed by atoms with van der Waals surface area (Å²) in [6, 6.07) is 10.2. The summed E-state index contributed by atoms with van der Waals surface area (Å²) < 4.78 is 25.3. The minimum Gasteiger partial charge on any atom is -0.495 e. The Morgan fingerprint density at radius 2 is 1.97 bits per heavy atom. The number of nitrogens with zero attached hydrogens (tertiary/aromatic N) is 4. The first-order valence-electron chi connectivity index (χ1n) is 12.6. The Hall–Kier alpha value is -2.78. The lowest BCUT2D eigenvalue weighted by Gasteiger charge is -2.30. The molecule has 39 heavy (non-hydrogen) atoms. The van der Waals surface area contributed by atoms with Crippen LogP contribution >= 0.6 is 34.4 Å². The maximum absolute atomic E-state index is 13.3. The molecule has 0 radical (unpaired) electrons. The van der Waals surface area contributed by atoms with Crippen LogP contribution in [0.1, 0.15) is 17.0 Å². The van der Waals surface area contributed by atoms with Crippen molar-refractivity contribution in [1.29, 1.82) is 0 Å². The van der Waals surface area contributed by atoms with Crippen LogP contribution in [0.2, 0.25) is 0 Å². The zero-order valence-corrected chi connectivity index (χ0v) is 25.7. The predicted octanol–water partition coefficient (Wildman–Crippen LogP) is 6.10. The van der Waals surface area contributed by atoms with Crippen LogP contribution in [-0.2, 0) is 15.7 Å². The standard InChI is InChI=1S/C28H31BrN5O3PS/c1-18-13-23(34-8-10-37-11-9-34)24(36-2)14-20(18)16-26-31-17-21(29)27(33-26)32-22-6-5-19(28-30-7-12-39-28)15-25(22)38(3,4)35/h5-7,12-15,17H,8-11,16H2,1-4H3,(H,31,32,33). The molecule has 2 aromatic carbocycles. The molecule has 1 aliphatic rings. The quantitative estimate of drug-likeness (QED) is 0.234. The molecule has 5 rings (SSSR count).